The quantitative estimate of drug-likeness (QED) is 0.720. The summed E-state index contributed by atoms with van der Waals surface area (Å²) < 4.78 is 0. The third-order valence-corrected chi connectivity index (χ3v) is 2.69. The van der Waals surface area contributed by atoms with Crippen LogP contribution >= 0.6 is 0 Å². The van der Waals surface area contributed by atoms with E-state index in [-0.39, 0.29) is 0 Å². The molecule has 1 saturated carbocycles. The first-order valence-corrected chi connectivity index (χ1v) is 5.46. The second kappa shape index (κ2) is 4.56. The first kappa shape index (κ1) is 9.66. The van der Waals surface area contributed by atoms with Crippen molar-refractivity contribution in [2.75, 3.05) is 6.54 Å². The Balaban J connectivity index is 1.68. The minimum atomic E-state index is 0.960. The van der Waals surface area contributed by atoms with Crippen molar-refractivity contribution in [1.82, 2.24) is 10.3 Å². The van der Waals surface area contributed by atoms with Crippen LogP contribution in [0.5, 0.6) is 0 Å². The molecule has 1 heterocycles. The maximum Gasteiger partial charge on any atom is 0.0313 e. The smallest absolute Gasteiger partial charge is 0.0313 e. The summed E-state index contributed by atoms with van der Waals surface area (Å²) in [5, 5.41) is 3.46. The Hall–Kier alpha value is -0.890. The van der Waals surface area contributed by atoms with Crippen molar-refractivity contribution < 1.29 is 0 Å². The molecule has 2 rings (SSSR count). The molecular weight excluding hydrogens is 172 g/mol. The van der Waals surface area contributed by atoms with Crippen LogP contribution in [0.25, 0.3) is 0 Å². The van der Waals surface area contributed by atoms with Crippen molar-refractivity contribution >= 4 is 0 Å². The molecule has 14 heavy (non-hydrogen) atoms. The Labute approximate surface area is 85.7 Å². The van der Waals surface area contributed by atoms with Gasteiger partial charge in [-0.25, -0.2) is 0 Å². The van der Waals surface area contributed by atoms with Crippen LogP contribution in [-0.4, -0.2) is 11.5 Å². The van der Waals surface area contributed by atoms with Gasteiger partial charge in [-0.15, -0.1) is 0 Å². The topological polar surface area (TPSA) is 24.9 Å². The van der Waals surface area contributed by atoms with E-state index < -0.39 is 0 Å². The lowest BCUT2D eigenvalue weighted by Gasteiger charge is -2.04. The Bertz CT molecular complexity index is 292. The van der Waals surface area contributed by atoms with E-state index in [1.807, 2.05) is 12.4 Å². The van der Waals surface area contributed by atoms with Gasteiger partial charge in [0.05, 0.1) is 0 Å². The lowest BCUT2D eigenvalue weighted by atomic mass is 10.2. The lowest BCUT2D eigenvalue weighted by molar-refractivity contribution is 0.612. The van der Waals surface area contributed by atoms with Gasteiger partial charge < -0.3 is 5.32 Å². The van der Waals surface area contributed by atoms with Crippen molar-refractivity contribution in [3.8, 4) is 0 Å². The molecule has 0 unspecified atom stereocenters. The molecule has 0 atom stereocenters. The molecule has 0 aromatic carbocycles. The number of aryl methyl sites for hydroxylation is 1. The van der Waals surface area contributed by atoms with Gasteiger partial charge in [0, 0.05) is 18.9 Å². The van der Waals surface area contributed by atoms with E-state index in [1.165, 1.54) is 30.4 Å². The molecule has 2 nitrogen and oxygen atoms in total. The summed E-state index contributed by atoms with van der Waals surface area (Å²) in [5.41, 5.74) is 2.53. The molecule has 1 N–H and O–H groups in total. The van der Waals surface area contributed by atoms with Gasteiger partial charge in [0.2, 0.25) is 0 Å². The van der Waals surface area contributed by atoms with Gasteiger partial charge in [0.1, 0.15) is 0 Å². The fourth-order valence-electron chi connectivity index (χ4n) is 1.66. The summed E-state index contributed by atoms with van der Waals surface area (Å²) in [5.74, 6) is 1.03. The van der Waals surface area contributed by atoms with Crippen molar-refractivity contribution in [3.05, 3.63) is 29.6 Å². The largest absolute Gasteiger partial charge is 0.313 e. The number of rotatable bonds is 5. The van der Waals surface area contributed by atoms with E-state index in [4.69, 9.17) is 0 Å². The monoisotopic (exact) mass is 190 g/mol. The third-order valence-electron chi connectivity index (χ3n) is 2.69. The summed E-state index contributed by atoms with van der Waals surface area (Å²) in [7, 11) is 0. The summed E-state index contributed by atoms with van der Waals surface area (Å²) >= 11 is 0. The minimum absolute atomic E-state index is 0.960. The highest BCUT2D eigenvalue weighted by atomic mass is 14.9. The predicted octanol–water partition coefficient (Wildman–Crippen LogP) is 2.28. The normalized spacial score (nSPS) is 15.8. The first-order chi connectivity index (χ1) is 6.84. The van der Waals surface area contributed by atoms with Gasteiger partial charge in [0.15, 0.2) is 0 Å². The number of pyridine rings is 1. The minimum Gasteiger partial charge on any atom is -0.313 e. The van der Waals surface area contributed by atoms with Crippen molar-refractivity contribution in [2.24, 2.45) is 5.92 Å². The summed E-state index contributed by atoms with van der Waals surface area (Å²) in [6.45, 7) is 4.20. The third kappa shape index (κ3) is 3.11. The van der Waals surface area contributed by atoms with Gasteiger partial charge in [-0.3, -0.25) is 4.98 Å². The van der Waals surface area contributed by atoms with Gasteiger partial charge in [0.25, 0.3) is 0 Å². The molecule has 1 aromatic rings. The fourth-order valence-corrected chi connectivity index (χ4v) is 1.66. The number of aromatic nitrogens is 1. The van der Waals surface area contributed by atoms with Crippen molar-refractivity contribution in [1.29, 1.82) is 0 Å². The molecule has 2 heteroatoms. The zero-order valence-corrected chi connectivity index (χ0v) is 8.79. The Kier molecular flexibility index (Phi) is 3.14. The molecular formula is C12H18N2. The molecule has 0 spiro atoms. The van der Waals surface area contributed by atoms with Crippen LogP contribution < -0.4 is 5.32 Å². The Morgan fingerprint density at radius 2 is 2.29 bits per heavy atom. The highest BCUT2D eigenvalue weighted by Gasteiger charge is 2.19. The highest BCUT2D eigenvalue weighted by molar-refractivity contribution is 5.16. The summed E-state index contributed by atoms with van der Waals surface area (Å²) in [4.78, 5) is 4.17. The van der Waals surface area contributed by atoms with E-state index in [1.54, 1.807) is 0 Å². The molecule has 1 aliphatic carbocycles. The van der Waals surface area contributed by atoms with Crippen LogP contribution in [0.1, 0.15) is 30.4 Å². The van der Waals surface area contributed by atoms with Crippen LogP contribution in [0, 0.1) is 12.8 Å². The molecule has 1 aliphatic rings. The second-order valence-corrected chi connectivity index (χ2v) is 4.28. The standard InChI is InChI=1S/C12H18N2/c1-10-6-12(9-14-7-10)8-13-5-4-11-2-3-11/h6-7,9,11,13H,2-5,8H2,1H3. The van der Waals surface area contributed by atoms with Gasteiger partial charge in [-0.05, 0) is 36.9 Å². The molecule has 0 bridgehead atoms. The van der Waals surface area contributed by atoms with E-state index in [0.29, 0.717) is 0 Å². The zero-order chi connectivity index (χ0) is 9.80. The van der Waals surface area contributed by atoms with E-state index in [9.17, 15) is 0 Å². The van der Waals surface area contributed by atoms with Crippen LogP contribution in [0.3, 0.4) is 0 Å². The fraction of sp³-hybridized carbons (Fsp3) is 0.583. The molecule has 0 amide bonds. The van der Waals surface area contributed by atoms with Gasteiger partial charge >= 0.3 is 0 Å². The SMILES string of the molecule is Cc1cncc(CNCCC2CC2)c1. The van der Waals surface area contributed by atoms with Crippen LogP contribution in [0.15, 0.2) is 18.5 Å². The highest BCUT2D eigenvalue weighted by Crippen LogP contribution is 2.31. The first-order valence-electron chi connectivity index (χ1n) is 5.46. The number of nitrogens with zero attached hydrogens (tertiary/aromatic N) is 1. The van der Waals surface area contributed by atoms with Crippen molar-refractivity contribution in [3.63, 3.8) is 0 Å². The second-order valence-electron chi connectivity index (χ2n) is 4.28. The molecule has 0 saturated heterocycles. The Morgan fingerprint density at radius 3 is 3.00 bits per heavy atom. The van der Waals surface area contributed by atoms with Gasteiger partial charge in [-0.2, -0.15) is 0 Å². The van der Waals surface area contributed by atoms with Gasteiger partial charge in [-0.1, -0.05) is 18.9 Å². The predicted molar refractivity (Wildman–Crippen MR) is 58.0 cm³/mol. The molecule has 1 fully saturated rings. The molecule has 1 aromatic heterocycles. The number of hydrogen-bond acceptors (Lipinski definition) is 2. The molecule has 76 valence electrons. The van der Waals surface area contributed by atoms with Crippen molar-refractivity contribution in [2.45, 2.75) is 32.7 Å². The molecule has 0 radical (unpaired) electrons. The van der Waals surface area contributed by atoms with Crippen LogP contribution in [-0.2, 0) is 6.54 Å². The van der Waals surface area contributed by atoms with E-state index >= 15 is 0 Å². The average Bonchev–Trinajstić information content (AvgIpc) is 2.96. The summed E-state index contributed by atoms with van der Waals surface area (Å²) in [6, 6.07) is 2.19. The molecule has 0 aliphatic heterocycles. The van der Waals surface area contributed by atoms with E-state index in [0.717, 1.165) is 19.0 Å². The number of hydrogen-bond donors (Lipinski definition) is 1. The lowest BCUT2D eigenvalue weighted by Crippen LogP contribution is -2.15. The Morgan fingerprint density at radius 1 is 1.43 bits per heavy atom. The maximum absolute atomic E-state index is 4.17. The average molecular weight is 190 g/mol. The van der Waals surface area contributed by atoms with E-state index in [2.05, 4.69) is 23.3 Å². The summed E-state index contributed by atoms with van der Waals surface area (Å²) in [6.07, 6.45) is 8.09. The number of nitrogens with one attached hydrogen (secondary N) is 1. The van der Waals surface area contributed by atoms with Crippen LogP contribution in [0.4, 0.5) is 0 Å². The maximum atomic E-state index is 4.17. The van der Waals surface area contributed by atoms with Crippen LogP contribution in [0.2, 0.25) is 0 Å². The zero-order valence-electron chi connectivity index (χ0n) is 8.79.